The Morgan fingerprint density at radius 2 is 1.80 bits per heavy atom. The first-order valence-corrected chi connectivity index (χ1v) is 15.8. The Morgan fingerprint density at radius 3 is 2.50 bits per heavy atom. The van der Waals surface area contributed by atoms with Crippen molar-refractivity contribution in [3.63, 3.8) is 0 Å². The molecule has 0 spiro atoms. The number of carbonyl (C=O) groups excluding carboxylic acids is 1. The molecule has 2 aromatic heterocycles. The van der Waals surface area contributed by atoms with Crippen LogP contribution in [0.5, 0.6) is 5.75 Å². The highest BCUT2D eigenvalue weighted by Gasteiger charge is 2.53. The molecule has 1 fully saturated rings. The fourth-order valence-corrected chi connectivity index (χ4v) is 7.12. The Morgan fingerprint density at radius 1 is 1.07 bits per heavy atom. The number of hydrogen-bond acceptors (Lipinski definition) is 9. The molecule has 0 saturated carbocycles. The number of rotatable bonds is 11. The van der Waals surface area contributed by atoms with Crippen molar-refractivity contribution in [2.75, 3.05) is 13.7 Å². The van der Waals surface area contributed by atoms with Crippen LogP contribution in [0.25, 0.3) is 21.8 Å². The van der Waals surface area contributed by atoms with Gasteiger partial charge in [-0.2, -0.15) is 5.09 Å². The molecule has 0 bridgehead atoms. The van der Waals surface area contributed by atoms with Gasteiger partial charge in [0.1, 0.15) is 24.1 Å². The number of methoxy groups -OCH3 is 1. The number of fused-ring (bicyclic) bond motifs is 3. The summed E-state index contributed by atoms with van der Waals surface area (Å²) in [6, 6.07) is 13.1. The van der Waals surface area contributed by atoms with Crippen LogP contribution in [0, 0.1) is 5.41 Å². The minimum Gasteiger partial charge on any atom is -0.462 e. The molecular weight excluding hydrogens is 591 g/mol. The molecule has 1 aliphatic rings. The molecule has 0 aliphatic carbocycles. The van der Waals surface area contributed by atoms with Crippen molar-refractivity contribution in [2.24, 2.45) is 5.41 Å². The second-order valence-corrected chi connectivity index (χ2v) is 13.3. The van der Waals surface area contributed by atoms with E-state index in [2.05, 4.69) is 15.1 Å². The maximum Gasteiger partial charge on any atom is 0.459 e. The van der Waals surface area contributed by atoms with Gasteiger partial charge in [0.2, 0.25) is 0 Å². The standard InChI is InChI=1S/C30H37N4O9P/c1-17(2)41-27(36)18(3)33-44(38,43-22-13-9-12-21-25(22)19-10-7-8-11-20(19)31-21)40-16-23-26(39-6)30(4,5)28(42-23)34-15-14-24(35)32-29(34)37/h7-15,17-18,23,26,28,31H,16H2,1-6H3,(H,33,38)(H,32,35,37). The number of esters is 1. The first kappa shape index (κ1) is 31.7. The molecule has 5 rings (SSSR count). The van der Waals surface area contributed by atoms with Crippen LogP contribution < -0.4 is 20.9 Å². The topological polar surface area (TPSA) is 163 Å². The SMILES string of the molecule is COC1C(COP(=O)(NC(C)C(=O)OC(C)C)Oc2cccc3[nH]c4ccccc4c23)OC(n2ccc(=O)[nH]c2=O)C1(C)C. The summed E-state index contributed by atoms with van der Waals surface area (Å²) in [7, 11) is -2.81. The Balaban J connectivity index is 1.46. The summed E-state index contributed by atoms with van der Waals surface area (Å²) in [5.41, 5.74) is -0.342. The monoisotopic (exact) mass is 628 g/mol. The van der Waals surface area contributed by atoms with Gasteiger partial charge in [-0.15, -0.1) is 0 Å². The molecule has 5 atom stereocenters. The zero-order chi connectivity index (χ0) is 31.8. The molecule has 4 aromatic rings. The normalized spacial score (nSPS) is 21.8. The van der Waals surface area contributed by atoms with Gasteiger partial charge in [0, 0.05) is 41.1 Å². The van der Waals surface area contributed by atoms with Gasteiger partial charge in [0.05, 0.1) is 24.3 Å². The van der Waals surface area contributed by atoms with Gasteiger partial charge < -0.3 is 23.7 Å². The van der Waals surface area contributed by atoms with Gasteiger partial charge >= 0.3 is 19.4 Å². The lowest BCUT2D eigenvalue weighted by Gasteiger charge is -2.31. The van der Waals surface area contributed by atoms with Crippen LogP contribution in [-0.2, 0) is 28.1 Å². The molecule has 0 amide bonds. The first-order chi connectivity index (χ1) is 20.8. The first-order valence-electron chi connectivity index (χ1n) is 14.2. The molecular formula is C30H37N4O9P. The predicted molar refractivity (Wildman–Crippen MR) is 164 cm³/mol. The van der Waals surface area contributed by atoms with Gasteiger partial charge in [-0.05, 0) is 39.0 Å². The summed E-state index contributed by atoms with van der Waals surface area (Å²) in [5, 5.41) is 4.27. The Hall–Kier alpha value is -3.74. The maximum atomic E-state index is 14.5. The van der Waals surface area contributed by atoms with E-state index in [0.717, 1.165) is 16.4 Å². The fraction of sp³-hybridized carbons (Fsp3) is 0.433. The van der Waals surface area contributed by atoms with Crippen molar-refractivity contribution >= 4 is 35.5 Å². The van der Waals surface area contributed by atoms with E-state index in [-0.39, 0.29) is 12.4 Å². The third-order valence-corrected chi connectivity index (χ3v) is 9.17. The van der Waals surface area contributed by atoms with Crippen molar-refractivity contribution in [2.45, 2.75) is 65.2 Å². The van der Waals surface area contributed by atoms with Gasteiger partial charge in [0.15, 0.2) is 0 Å². The fourth-order valence-electron chi connectivity index (χ4n) is 5.61. The van der Waals surface area contributed by atoms with E-state index in [1.807, 2.05) is 44.2 Å². The van der Waals surface area contributed by atoms with Crippen LogP contribution in [0.4, 0.5) is 0 Å². The molecule has 2 aromatic carbocycles. The van der Waals surface area contributed by atoms with Gasteiger partial charge in [-0.3, -0.25) is 23.7 Å². The predicted octanol–water partition coefficient (Wildman–Crippen LogP) is 4.24. The van der Waals surface area contributed by atoms with E-state index in [4.69, 9.17) is 23.3 Å². The number of nitrogens with zero attached hydrogens (tertiary/aromatic N) is 1. The van der Waals surface area contributed by atoms with Crippen molar-refractivity contribution in [1.29, 1.82) is 0 Å². The Labute approximate surface area is 253 Å². The summed E-state index contributed by atoms with van der Waals surface area (Å²) in [6.45, 7) is 8.32. The van der Waals surface area contributed by atoms with Crippen molar-refractivity contribution in [3.8, 4) is 5.75 Å². The van der Waals surface area contributed by atoms with E-state index in [1.165, 1.54) is 30.9 Å². The summed E-state index contributed by atoms with van der Waals surface area (Å²) >= 11 is 0. The van der Waals surface area contributed by atoms with Crippen LogP contribution in [0.15, 0.2) is 64.3 Å². The number of nitrogens with one attached hydrogen (secondary N) is 3. The van der Waals surface area contributed by atoms with Crippen molar-refractivity contribution < 1.29 is 32.6 Å². The van der Waals surface area contributed by atoms with Gasteiger partial charge in [-0.25, -0.2) is 9.36 Å². The molecule has 0 radical (unpaired) electrons. The zero-order valence-electron chi connectivity index (χ0n) is 25.4. The smallest absolute Gasteiger partial charge is 0.459 e. The Kier molecular flexibility index (Phi) is 8.88. The van der Waals surface area contributed by atoms with Crippen LogP contribution in [-0.4, -0.2) is 58.6 Å². The number of H-pyrrole nitrogens is 2. The average Bonchev–Trinajstić information content (AvgIpc) is 3.45. The van der Waals surface area contributed by atoms with Crippen molar-refractivity contribution in [3.05, 3.63) is 75.6 Å². The zero-order valence-corrected chi connectivity index (χ0v) is 26.3. The van der Waals surface area contributed by atoms with E-state index in [0.29, 0.717) is 5.39 Å². The van der Waals surface area contributed by atoms with Crippen LogP contribution in [0.3, 0.4) is 0 Å². The lowest BCUT2D eigenvalue weighted by molar-refractivity contribution is -0.149. The van der Waals surface area contributed by atoms with Crippen LogP contribution >= 0.6 is 7.75 Å². The highest BCUT2D eigenvalue weighted by molar-refractivity contribution is 7.52. The number of benzene rings is 2. The van der Waals surface area contributed by atoms with Crippen LogP contribution in [0.2, 0.25) is 0 Å². The summed E-state index contributed by atoms with van der Waals surface area (Å²) in [5.74, 6) is -0.364. The average molecular weight is 629 g/mol. The number of para-hydroxylation sites is 1. The molecule has 1 aliphatic heterocycles. The quantitative estimate of drug-likeness (QED) is 0.162. The minimum atomic E-state index is -4.31. The largest absolute Gasteiger partial charge is 0.462 e. The molecule has 5 unspecified atom stereocenters. The lowest BCUT2D eigenvalue weighted by Crippen LogP contribution is -2.41. The molecule has 3 heterocycles. The number of aromatic nitrogens is 3. The van der Waals surface area contributed by atoms with E-state index in [9.17, 15) is 18.9 Å². The minimum absolute atomic E-state index is 0.272. The molecule has 14 heteroatoms. The third-order valence-electron chi connectivity index (χ3n) is 7.55. The lowest BCUT2D eigenvalue weighted by atomic mass is 9.84. The Bertz CT molecular complexity index is 1830. The van der Waals surface area contributed by atoms with Gasteiger partial charge in [0.25, 0.3) is 5.56 Å². The van der Waals surface area contributed by atoms with E-state index < -0.39 is 61.0 Å². The summed E-state index contributed by atoms with van der Waals surface area (Å²) < 4.78 is 45.2. The highest BCUT2D eigenvalue weighted by atomic mass is 31.2. The second kappa shape index (κ2) is 12.3. The number of carbonyl (C=O) groups is 1. The van der Waals surface area contributed by atoms with Crippen molar-refractivity contribution in [1.82, 2.24) is 19.6 Å². The maximum absolute atomic E-state index is 14.5. The number of ether oxygens (including phenoxy) is 3. The molecule has 44 heavy (non-hydrogen) atoms. The summed E-state index contributed by atoms with van der Waals surface area (Å²) in [4.78, 5) is 42.5. The summed E-state index contributed by atoms with van der Waals surface area (Å²) in [6.07, 6.45) is -1.33. The van der Waals surface area contributed by atoms with E-state index >= 15 is 0 Å². The molecule has 1 saturated heterocycles. The number of hydrogen-bond donors (Lipinski definition) is 3. The third kappa shape index (κ3) is 6.24. The molecule has 13 nitrogen and oxygen atoms in total. The number of aromatic amines is 2. The van der Waals surface area contributed by atoms with Crippen LogP contribution in [0.1, 0.15) is 40.8 Å². The highest BCUT2D eigenvalue weighted by Crippen LogP contribution is 2.51. The van der Waals surface area contributed by atoms with Gasteiger partial charge in [-0.1, -0.05) is 38.1 Å². The second-order valence-electron chi connectivity index (χ2n) is 11.6. The van der Waals surface area contributed by atoms with E-state index in [1.54, 1.807) is 26.0 Å². The molecule has 3 N–H and O–H groups in total. The molecule has 236 valence electrons.